The molecule has 1 rings (SSSR count). The summed E-state index contributed by atoms with van der Waals surface area (Å²) in [7, 11) is 3.35. The molecule has 0 aromatic heterocycles. The number of imide groups is 1. The lowest BCUT2D eigenvalue weighted by molar-refractivity contribution is -0.120. The summed E-state index contributed by atoms with van der Waals surface area (Å²) in [6, 6.07) is 7.09. The van der Waals surface area contributed by atoms with Crippen LogP contribution in [0.15, 0.2) is 36.9 Å². The number of carbonyl (C=O) groups excluding carboxylic acids is 2. The van der Waals surface area contributed by atoms with Crippen molar-refractivity contribution < 1.29 is 19.1 Å². The summed E-state index contributed by atoms with van der Waals surface area (Å²) in [6.07, 6.45) is 1.69. The SMILES string of the molecule is C=CCOc1ccc(CN(C)CC(=O)NC(=O)NCCOC)cc1. The number of urea groups is 1. The van der Waals surface area contributed by atoms with E-state index < -0.39 is 6.03 Å². The number of likely N-dealkylation sites (N-methyl/N-ethyl adjacent to an activating group) is 1. The number of carbonyl (C=O) groups is 2. The molecule has 0 heterocycles. The highest BCUT2D eigenvalue weighted by Gasteiger charge is 2.10. The Labute approximate surface area is 142 Å². The number of benzene rings is 1. The van der Waals surface area contributed by atoms with E-state index in [4.69, 9.17) is 9.47 Å². The van der Waals surface area contributed by atoms with Gasteiger partial charge in [0, 0.05) is 20.2 Å². The Balaban J connectivity index is 2.34. The standard InChI is InChI=1S/C17H25N3O4/c1-4-10-24-15-7-5-14(6-8-15)12-20(2)13-16(21)19-17(22)18-9-11-23-3/h4-8H,1,9-13H2,2-3H3,(H2,18,19,21,22). The Bertz CT molecular complexity index is 531. The van der Waals surface area contributed by atoms with E-state index in [1.807, 2.05) is 36.2 Å². The van der Waals surface area contributed by atoms with Crippen molar-refractivity contribution in [3.05, 3.63) is 42.5 Å². The number of ether oxygens (including phenoxy) is 2. The number of amides is 3. The average molecular weight is 335 g/mol. The maximum absolute atomic E-state index is 11.8. The third-order valence-electron chi connectivity index (χ3n) is 3.00. The third-order valence-corrected chi connectivity index (χ3v) is 3.00. The molecule has 0 aliphatic rings. The molecule has 0 radical (unpaired) electrons. The first-order valence-corrected chi connectivity index (χ1v) is 7.63. The molecule has 0 saturated heterocycles. The van der Waals surface area contributed by atoms with Crippen LogP contribution in [-0.4, -0.2) is 57.3 Å². The van der Waals surface area contributed by atoms with Crippen LogP contribution in [-0.2, 0) is 16.1 Å². The molecular weight excluding hydrogens is 310 g/mol. The zero-order valence-electron chi connectivity index (χ0n) is 14.2. The van der Waals surface area contributed by atoms with Gasteiger partial charge in [-0.25, -0.2) is 4.79 Å². The van der Waals surface area contributed by atoms with Crippen molar-refractivity contribution in [2.75, 3.05) is 40.5 Å². The monoisotopic (exact) mass is 335 g/mol. The van der Waals surface area contributed by atoms with Gasteiger partial charge in [0.25, 0.3) is 0 Å². The van der Waals surface area contributed by atoms with Crippen LogP contribution in [0, 0.1) is 0 Å². The maximum atomic E-state index is 11.8. The maximum Gasteiger partial charge on any atom is 0.321 e. The highest BCUT2D eigenvalue weighted by Crippen LogP contribution is 2.13. The van der Waals surface area contributed by atoms with Crippen molar-refractivity contribution in [3.8, 4) is 5.75 Å². The smallest absolute Gasteiger partial charge is 0.321 e. The molecular formula is C17H25N3O4. The summed E-state index contributed by atoms with van der Waals surface area (Å²) in [6.45, 7) is 5.51. The first kappa shape index (κ1) is 19.7. The number of methoxy groups -OCH3 is 1. The molecule has 3 amide bonds. The highest BCUT2D eigenvalue weighted by molar-refractivity contribution is 5.95. The van der Waals surface area contributed by atoms with E-state index in [1.54, 1.807) is 6.08 Å². The highest BCUT2D eigenvalue weighted by atomic mass is 16.5. The predicted octanol–water partition coefficient (Wildman–Crippen LogP) is 1.16. The number of nitrogens with one attached hydrogen (secondary N) is 2. The minimum Gasteiger partial charge on any atom is -0.490 e. The Morgan fingerprint density at radius 1 is 1.29 bits per heavy atom. The van der Waals surface area contributed by atoms with Gasteiger partial charge in [0.1, 0.15) is 12.4 Å². The molecule has 1 aromatic rings. The van der Waals surface area contributed by atoms with Crippen molar-refractivity contribution in [1.29, 1.82) is 0 Å². The lowest BCUT2D eigenvalue weighted by Crippen LogP contribution is -2.44. The first-order valence-electron chi connectivity index (χ1n) is 7.63. The van der Waals surface area contributed by atoms with E-state index >= 15 is 0 Å². The van der Waals surface area contributed by atoms with Crippen LogP contribution in [0.1, 0.15) is 5.56 Å². The first-order chi connectivity index (χ1) is 11.5. The molecule has 0 atom stereocenters. The van der Waals surface area contributed by atoms with Crippen molar-refractivity contribution in [1.82, 2.24) is 15.5 Å². The Kier molecular flexibility index (Phi) is 9.18. The second-order valence-corrected chi connectivity index (χ2v) is 5.21. The molecule has 2 N–H and O–H groups in total. The molecule has 132 valence electrons. The van der Waals surface area contributed by atoms with Gasteiger partial charge in [-0.2, -0.15) is 0 Å². The van der Waals surface area contributed by atoms with E-state index in [9.17, 15) is 9.59 Å². The van der Waals surface area contributed by atoms with Crippen molar-refractivity contribution in [2.24, 2.45) is 0 Å². The fraction of sp³-hybridized carbons (Fsp3) is 0.412. The molecule has 0 aliphatic carbocycles. The topological polar surface area (TPSA) is 79.9 Å². The van der Waals surface area contributed by atoms with Crippen LogP contribution < -0.4 is 15.4 Å². The number of nitrogens with zero attached hydrogens (tertiary/aromatic N) is 1. The van der Waals surface area contributed by atoms with Crippen LogP contribution in [0.3, 0.4) is 0 Å². The lowest BCUT2D eigenvalue weighted by Gasteiger charge is -2.16. The minimum absolute atomic E-state index is 0.117. The second-order valence-electron chi connectivity index (χ2n) is 5.21. The van der Waals surface area contributed by atoms with Gasteiger partial charge in [-0.3, -0.25) is 15.0 Å². The van der Waals surface area contributed by atoms with E-state index in [2.05, 4.69) is 17.2 Å². The van der Waals surface area contributed by atoms with Gasteiger partial charge in [0.2, 0.25) is 5.91 Å². The van der Waals surface area contributed by atoms with Gasteiger partial charge < -0.3 is 14.8 Å². The van der Waals surface area contributed by atoms with Gasteiger partial charge in [-0.05, 0) is 24.7 Å². The van der Waals surface area contributed by atoms with Crippen LogP contribution >= 0.6 is 0 Å². The second kappa shape index (κ2) is 11.2. The third kappa shape index (κ3) is 8.30. The molecule has 0 bridgehead atoms. The molecule has 0 fully saturated rings. The van der Waals surface area contributed by atoms with Gasteiger partial charge >= 0.3 is 6.03 Å². The molecule has 0 spiro atoms. The normalized spacial score (nSPS) is 10.3. The Hall–Kier alpha value is -2.38. The van der Waals surface area contributed by atoms with Crippen molar-refractivity contribution >= 4 is 11.9 Å². The molecule has 0 aliphatic heterocycles. The van der Waals surface area contributed by atoms with Gasteiger partial charge in [0.05, 0.1) is 13.2 Å². The Morgan fingerprint density at radius 2 is 2.00 bits per heavy atom. The summed E-state index contributed by atoms with van der Waals surface area (Å²) in [5, 5.41) is 4.80. The van der Waals surface area contributed by atoms with Gasteiger partial charge in [-0.15, -0.1) is 0 Å². The molecule has 0 unspecified atom stereocenters. The average Bonchev–Trinajstić information content (AvgIpc) is 2.54. The molecule has 7 nitrogen and oxygen atoms in total. The van der Waals surface area contributed by atoms with E-state index in [0.29, 0.717) is 26.3 Å². The van der Waals surface area contributed by atoms with Crippen molar-refractivity contribution in [3.63, 3.8) is 0 Å². The number of hydrogen-bond acceptors (Lipinski definition) is 5. The molecule has 7 heteroatoms. The summed E-state index contributed by atoms with van der Waals surface area (Å²) in [5.41, 5.74) is 1.04. The number of hydrogen-bond donors (Lipinski definition) is 2. The van der Waals surface area contributed by atoms with Crippen LogP contribution in [0.4, 0.5) is 4.79 Å². The van der Waals surface area contributed by atoms with Crippen LogP contribution in [0.5, 0.6) is 5.75 Å². The zero-order chi connectivity index (χ0) is 17.8. The van der Waals surface area contributed by atoms with Crippen molar-refractivity contribution in [2.45, 2.75) is 6.54 Å². The molecule has 24 heavy (non-hydrogen) atoms. The minimum atomic E-state index is -0.519. The summed E-state index contributed by atoms with van der Waals surface area (Å²) < 4.78 is 10.2. The number of rotatable bonds is 10. The lowest BCUT2D eigenvalue weighted by atomic mass is 10.2. The zero-order valence-corrected chi connectivity index (χ0v) is 14.2. The fourth-order valence-corrected chi connectivity index (χ4v) is 1.94. The summed E-state index contributed by atoms with van der Waals surface area (Å²) in [5.74, 6) is 0.408. The van der Waals surface area contributed by atoms with Gasteiger partial charge in [0.15, 0.2) is 0 Å². The predicted molar refractivity (Wildman–Crippen MR) is 91.9 cm³/mol. The molecule has 1 aromatic carbocycles. The van der Waals surface area contributed by atoms with E-state index in [-0.39, 0.29) is 12.5 Å². The van der Waals surface area contributed by atoms with Crippen LogP contribution in [0.2, 0.25) is 0 Å². The van der Waals surface area contributed by atoms with E-state index in [1.165, 1.54) is 7.11 Å². The summed E-state index contributed by atoms with van der Waals surface area (Å²) in [4.78, 5) is 25.1. The quantitative estimate of drug-likeness (QED) is 0.495. The largest absolute Gasteiger partial charge is 0.490 e. The van der Waals surface area contributed by atoms with Crippen LogP contribution in [0.25, 0.3) is 0 Å². The molecule has 0 saturated carbocycles. The van der Waals surface area contributed by atoms with Gasteiger partial charge in [-0.1, -0.05) is 24.8 Å². The fourth-order valence-electron chi connectivity index (χ4n) is 1.94. The van der Waals surface area contributed by atoms with E-state index in [0.717, 1.165) is 11.3 Å². The Morgan fingerprint density at radius 3 is 2.62 bits per heavy atom. The summed E-state index contributed by atoms with van der Waals surface area (Å²) >= 11 is 0.